The van der Waals surface area contributed by atoms with Crippen molar-refractivity contribution in [3.8, 4) is 0 Å². The van der Waals surface area contributed by atoms with Crippen molar-refractivity contribution >= 4 is 16.3 Å². The Morgan fingerprint density at radius 2 is 1.09 bits per heavy atom. The van der Waals surface area contributed by atoms with Gasteiger partial charge in [0.1, 0.15) is 24.4 Å². The molecule has 12 nitrogen and oxygen atoms in total. The molecule has 1 amide bonds. The fraction of sp³-hybridized carbons (Fsp3) is 0.933. The number of carbonyl (C=O) groups is 1. The van der Waals surface area contributed by atoms with Crippen LogP contribution in [0.25, 0.3) is 0 Å². The summed E-state index contributed by atoms with van der Waals surface area (Å²) in [6.45, 7) is 3.38. The second-order valence-electron chi connectivity index (χ2n) is 16.7. The average molecular weight is 850 g/mol. The summed E-state index contributed by atoms with van der Waals surface area (Å²) in [5, 5.41) is 44.6. The normalized spacial score (nSPS) is 21.1. The molecule has 0 aromatic carbocycles. The van der Waals surface area contributed by atoms with Crippen molar-refractivity contribution in [1.82, 2.24) is 5.32 Å². The summed E-state index contributed by atoms with van der Waals surface area (Å²) in [7, 11) is -5.08. The summed E-state index contributed by atoms with van der Waals surface area (Å²) in [5.41, 5.74) is 0. The summed E-state index contributed by atoms with van der Waals surface area (Å²) in [4.78, 5) is 13.0. The predicted octanol–water partition coefficient (Wildman–Crippen LogP) is 9.16. The van der Waals surface area contributed by atoms with Gasteiger partial charge in [-0.3, -0.25) is 9.35 Å². The van der Waals surface area contributed by atoms with Crippen LogP contribution in [0.2, 0.25) is 0 Å². The van der Waals surface area contributed by atoms with E-state index in [1.54, 1.807) is 6.08 Å². The first-order valence-electron chi connectivity index (χ1n) is 23.6. The highest BCUT2D eigenvalue weighted by Gasteiger charge is 2.48. The highest BCUT2D eigenvalue weighted by atomic mass is 32.3. The van der Waals surface area contributed by atoms with Crippen molar-refractivity contribution in [1.29, 1.82) is 0 Å². The third-order valence-corrected chi connectivity index (χ3v) is 11.8. The summed E-state index contributed by atoms with van der Waals surface area (Å²) in [6, 6.07) is -0.937. The molecule has 7 unspecified atom stereocenters. The molecule has 1 heterocycles. The Kier molecular flexibility index (Phi) is 34.5. The maximum absolute atomic E-state index is 13.0. The molecule has 344 valence electrons. The zero-order valence-corrected chi connectivity index (χ0v) is 37.4. The highest BCUT2D eigenvalue weighted by molar-refractivity contribution is 7.80. The number of carbonyl (C=O) groups excluding carboxylic acids is 1. The average Bonchev–Trinajstić information content (AvgIpc) is 3.19. The Morgan fingerprint density at radius 1 is 0.672 bits per heavy atom. The zero-order valence-electron chi connectivity index (χ0n) is 36.6. The van der Waals surface area contributed by atoms with Crippen molar-refractivity contribution in [3.63, 3.8) is 0 Å². The lowest BCUT2D eigenvalue weighted by Crippen LogP contribution is -2.61. The quantitative estimate of drug-likeness (QED) is 0.0196. The van der Waals surface area contributed by atoms with Crippen molar-refractivity contribution in [2.24, 2.45) is 0 Å². The third-order valence-electron chi connectivity index (χ3n) is 11.3. The number of hydrogen-bond donors (Lipinski definition) is 6. The lowest BCUT2D eigenvalue weighted by Gasteiger charge is -2.41. The van der Waals surface area contributed by atoms with Crippen molar-refractivity contribution in [2.75, 3.05) is 13.2 Å². The van der Waals surface area contributed by atoms with E-state index in [4.69, 9.17) is 14.0 Å². The Balaban J connectivity index is 2.44. The Labute approximate surface area is 353 Å². The lowest BCUT2D eigenvalue weighted by molar-refractivity contribution is -0.298. The summed E-state index contributed by atoms with van der Waals surface area (Å²) < 4.78 is 47.5. The minimum atomic E-state index is -5.08. The molecule has 0 saturated carbocycles. The van der Waals surface area contributed by atoms with Crippen LogP contribution in [0.5, 0.6) is 0 Å². The van der Waals surface area contributed by atoms with Gasteiger partial charge in [-0.25, -0.2) is 4.18 Å². The van der Waals surface area contributed by atoms with Crippen molar-refractivity contribution in [2.45, 2.75) is 256 Å². The summed E-state index contributed by atoms with van der Waals surface area (Å²) in [5.74, 6) is -0.260. The van der Waals surface area contributed by atoms with E-state index in [0.717, 1.165) is 38.5 Å². The van der Waals surface area contributed by atoms with Gasteiger partial charge >= 0.3 is 10.4 Å². The fourth-order valence-corrected chi connectivity index (χ4v) is 8.14. The van der Waals surface area contributed by atoms with Gasteiger partial charge in [-0.2, -0.15) is 8.42 Å². The van der Waals surface area contributed by atoms with Gasteiger partial charge in [0, 0.05) is 6.42 Å². The van der Waals surface area contributed by atoms with E-state index in [0.29, 0.717) is 6.42 Å². The van der Waals surface area contributed by atoms with E-state index >= 15 is 0 Å². The first kappa shape index (κ1) is 54.9. The van der Waals surface area contributed by atoms with Crippen LogP contribution in [0.3, 0.4) is 0 Å². The van der Waals surface area contributed by atoms with Gasteiger partial charge in [-0.05, 0) is 19.3 Å². The second-order valence-corrected chi connectivity index (χ2v) is 17.8. The van der Waals surface area contributed by atoms with Crippen LogP contribution in [0.4, 0.5) is 0 Å². The molecular formula is C45H87NO11S. The number of rotatable bonds is 40. The maximum Gasteiger partial charge on any atom is 0.397 e. The van der Waals surface area contributed by atoms with Gasteiger partial charge in [-0.1, -0.05) is 199 Å². The molecule has 58 heavy (non-hydrogen) atoms. The van der Waals surface area contributed by atoms with E-state index < -0.39 is 59.9 Å². The number of nitrogens with one attached hydrogen (secondary N) is 1. The molecule has 7 atom stereocenters. The number of unbranched alkanes of at least 4 members (excludes halogenated alkanes) is 28. The molecule has 0 aliphatic carbocycles. The molecule has 1 aliphatic heterocycles. The van der Waals surface area contributed by atoms with Crippen LogP contribution in [0.15, 0.2) is 12.2 Å². The smallest absolute Gasteiger partial charge is 0.394 e. The van der Waals surface area contributed by atoms with E-state index in [1.807, 2.05) is 6.08 Å². The molecule has 0 aromatic heterocycles. The summed E-state index contributed by atoms with van der Waals surface area (Å²) >= 11 is 0. The third kappa shape index (κ3) is 29.2. The summed E-state index contributed by atoms with van der Waals surface area (Å²) in [6.07, 6.45) is 31.2. The standard InChI is InChI=1S/C45H87NO11S/c1-3-5-7-9-11-13-15-16-17-18-19-20-21-22-23-25-27-29-31-33-35-41(49)46-38(39(48)34-32-30-28-26-24-14-12-10-8-6-4-2)37-55-45-43(51)44(57-58(52,53)54)42(50)40(36-47)56-45/h32,34,38-40,42-45,47-48,50-51H,3-31,33,35-37H2,1-2H3,(H,46,49)(H,52,53,54)/b34-32+. The minimum Gasteiger partial charge on any atom is -0.394 e. The Hall–Kier alpha value is -1.16. The predicted molar refractivity (Wildman–Crippen MR) is 232 cm³/mol. The van der Waals surface area contributed by atoms with E-state index in [2.05, 4.69) is 23.3 Å². The maximum atomic E-state index is 13.0. The SMILES string of the molecule is CCCCCCCCCCC/C=C/C(O)C(COC1OC(CO)C(O)C(OS(=O)(=O)O)C1O)NC(=O)CCCCCCCCCCCCCCCCCCCCCC. The fourth-order valence-electron chi connectivity index (χ4n) is 7.63. The monoisotopic (exact) mass is 850 g/mol. The lowest BCUT2D eigenvalue weighted by atomic mass is 9.99. The van der Waals surface area contributed by atoms with Crippen molar-refractivity contribution < 1.29 is 51.8 Å². The van der Waals surface area contributed by atoms with Gasteiger partial charge in [0.05, 0.1) is 25.4 Å². The van der Waals surface area contributed by atoms with E-state index in [1.165, 1.54) is 148 Å². The molecule has 0 aromatic rings. The van der Waals surface area contributed by atoms with Gasteiger partial charge < -0.3 is 35.2 Å². The van der Waals surface area contributed by atoms with Crippen LogP contribution in [-0.2, 0) is 28.9 Å². The molecule has 1 rings (SSSR count). The minimum absolute atomic E-state index is 0.260. The highest BCUT2D eigenvalue weighted by Crippen LogP contribution is 2.26. The molecule has 0 radical (unpaired) electrons. The van der Waals surface area contributed by atoms with Gasteiger partial charge in [0.2, 0.25) is 5.91 Å². The van der Waals surface area contributed by atoms with Crippen LogP contribution >= 0.6 is 0 Å². The molecule has 0 bridgehead atoms. The zero-order chi connectivity index (χ0) is 42.7. The second kappa shape index (κ2) is 36.5. The number of hydrogen-bond acceptors (Lipinski definition) is 10. The van der Waals surface area contributed by atoms with Gasteiger partial charge in [0.25, 0.3) is 0 Å². The molecule has 1 saturated heterocycles. The Bertz CT molecular complexity index is 1090. The first-order valence-corrected chi connectivity index (χ1v) is 24.9. The molecule has 13 heteroatoms. The van der Waals surface area contributed by atoms with Gasteiger partial charge in [0.15, 0.2) is 6.29 Å². The number of ether oxygens (including phenoxy) is 2. The number of aliphatic hydroxyl groups excluding tert-OH is 4. The number of allylic oxidation sites excluding steroid dienone is 1. The van der Waals surface area contributed by atoms with Gasteiger partial charge in [-0.15, -0.1) is 0 Å². The number of amides is 1. The van der Waals surface area contributed by atoms with E-state index in [-0.39, 0.29) is 18.9 Å². The number of aliphatic hydroxyl groups is 4. The largest absolute Gasteiger partial charge is 0.397 e. The van der Waals surface area contributed by atoms with Crippen LogP contribution < -0.4 is 5.32 Å². The van der Waals surface area contributed by atoms with E-state index in [9.17, 15) is 33.6 Å². The first-order chi connectivity index (χ1) is 28.0. The molecule has 6 N–H and O–H groups in total. The van der Waals surface area contributed by atoms with Crippen LogP contribution in [-0.4, -0.2) is 95.4 Å². The topological polar surface area (TPSA) is 192 Å². The van der Waals surface area contributed by atoms with Crippen LogP contribution in [0, 0.1) is 0 Å². The van der Waals surface area contributed by atoms with Crippen LogP contribution in [0.1, 0.15) is 213 Å². The Morgan fingerprint density at radius 3 is 1.50 bits per heavy atom. The van der Waals surface area contributed by atoms with Crippen molar-refractivity contribution in [3.05, 3.63) is 12.2 Å². The molecule has 1 aliphatic rings. The molecular weight excluding hydrogens is 763 g/mol. The molecule has 1 fully saturated rings. The molecule has 0 spiro atoms.